The van der Waals surface area contributed by atoms with E-state index in [0.717, 1.165) is 17.9 Å². The van der Waals surface area contributed by atoms with Crippen LogP contribution in [-0.4, -0.2) is 48.9 Å². The molecule has 2 aliphatic heterocycles. The van der Waals surface area contributed by atoms with Crippen molar-refractivity contribution in [2.75, 3.05) is 23.0 Å². The molecule has 3 atom stereocenters. The number of carbonyl (C=O) groups excluding carboxylic acids is 1. The van der Waals surface area contributed by atoms with Gasteiger partial charge < -0.3 is 9.64 Å². The van der Waals surface area contributed by atoms with E-state index in [1.807, 2.05) is 49.9 Å². The average molecular weight is 397 g/mol. The number of anilines is 1. The molecule has 0 N–H and O–H groups in total. The Balaban J connectivity index is 1.94. The Morgan fingerprint density at radius 1 is 1.31 bits per heavy atom. The number of amidine groups is 1. The maximum Gasteiger partial charge on any atom is 0.250 e. The summed E-state index contributed by atoms with van der Waals surface area (Å²) in [5.74, 6) is 0.678. The number of hydrogen-bond acceptors (Lipinski definition) is 5. The maximum atomic E-state index is 12.3. The molecule has 1 aromatic carbocycles. The van der Waals surface area contributed by atoms with Crippen LogP contribution in [0.15, 0.2) is 29.3 Å². The molecule has 8 heteroatoms. The van der Waals surface area contributed by atoms with E-state index in [0.29, 0.717) is 11.8 Å². The number of aliphatic imine (C=N–C) groups is 1. The van der Waals surface area contributed by atoms with E-state index in [9.17, 15) is 13.2 Å². The number of fused-ring (bicyclic) bond motifs is 1. The van der Waals surface area contributed by atoms with Crippen molar-refractivity contribution in [3.8, 4) is 5.75 Å². The zero-order valence-corrected chi connectivity index (χ0v) is 16.8. The molecule has 2 saturated heterocycles. The van der Waals surface area contributed by atoms with Crippen LogP contribution in [0.2, 0.25) is 0 Å². The number of rotatable bonds is 5. The molecule has 3 rings (SSSR count). The van der Waals surface area contributed by atoms with Gasteiger partial charge in [0.15, 0.2) is 15.0 Å². The number of ether oxygens (including phenoxy) is 1. The van der Waals surface area contributed by atoms with Crippen molar-refractivity contribution in [2.24, 2.45) is 10.9 Å². The Bertz CT molecular complexity index is 805. The molecule has 0 bridgehead atoms. The molecular formula is C18H24N2O4S2. The first-order chi connectivity index (χ1) is 12.3. The highest BCUT2D eigenvalue weighted by atomic mass is 32.2. The largest absolute Gasteiger partial charge is 0.494 e. The van der Waals surface area contributed by atoms with Gasteiger partial charge >= 0.3 is 0 Å². The Labute approximate surface area is 158 Å². The molecule has 2 fully saturated rings. The molecular weight excluding hydrogens is 372 g/mol. The van der Waals surface area contributed by atoms with Crippen molar-refractivity contribution in [3.63, 3.8) is 0 Å². The standard InChI is InChI=1S/C18H24N2O4S2/c1-4-12(3)17(21)19-18-20(13-6-8-14(9-7-13)24-5-2)15-10-26(22,23)11-16(15)25-18/h6-9,12,15-16H,4-5,10-11H2,1-3H3/t12-,15+,16-/m1/s1. The lowest BCUT2D eigenvalue weighted by atomic mass is 10.1. The number of nitrogens with zero attached hydrogens (tertiary/aromatic N) is 2. The monoisotopic (exact) mass is 396 g/mol. The van der Waals surface area contributed by atoms with Crippen molar-refractivity contribution in [2.45, 2.75) is 38.5 Å². The SMILES string of the molecule is CCOc1ccc(N2C(=NC(=O)[C@H](C)CC)S[C@@H]3CS(=O)(=O)C[C@@H]32)cc1. The highest BCUT2D eigenvalue weighted by Crippen LogP contribution is 2.41. The average Bonchev–Trinajstić information content (AvgIpc) is 3.06. The van der Waals surface area contributed by atoms with Crippen LogP contribution in [0.3, 0.4) is 0 Å². The van der Waals surface area contributed by atoms with Crippen LogP contribution in [0.25, 0.3) is 0 Å². The van der Waals surface area contributed by atoms with Gasteiger partial charge in [0.1, 0.15) is 5.75 Å². The zero-order valence-electron chi connectivity index (χ0n) is 15.2. The van der Waals surface area contributed by atoms with E-state index >= 15 is 0 Å². The van der Waals surface area contributed by atoms with Crippen molar-refractivity contribution in [1.82, 2.24) is 0 Å². The van der Waals surface area contributed by atoms with Gasteiger partial charge in [-0.1, -0.05) is 25.6 Å². The van der Waals surface area contributed by atoms with Gasteiger partial charge in [-0.15, -0.1) is 0 Å². The topological polar surface area (TPSA) is 76.0 Å². The van der Waals surface area contributed by atoms with Gasteiger partial charge in [0.05, 0.1) is 24.2 Å². The summed E-state index contributed by atoms with van der Waals surface area (Å²) in [5, 5.41) is 0.513. The van der Waals surface area contributed by atoms with E-state index in [2.05, 4.69) is 4.99 Å². The summed E-state index contributed by atoms with van der Waals surface area (Å²) in [7, 11) is -3.06. The first-order valence-electron chi connectivity index (χ1n) is 8.86. The molecule has 1 amide bonds. The van der Waals surface area contributed by atoms with E-state index < -0.39 is 9.84 Å². The summed E-state index contributed by atoms with van der Waals surface area (Å²) >= 11 is 1.40. The van der Waals surface area contributed by atoms with Gasteiger partial charge in [-0.3, -0.25) is 4.79 Å². The minimum absolute atomic E-state index is 0.0879. The third-order valence-corrected chi connectivity index (χ3v) is 7.94. The Kier molecular flexibility index (Phi) is 5.62. The van der Waals surface area contributed by atoms with Crippen LogP contribution in [0.5, 0.6) is 5.75 Å². The number of benzene rings is 1. The molecule has 0 saturated carbocycles. The predicted molar refractivity (Wildman–Crippen MR) is 106 cm³/mol. The van der Waals surface area contributed by atoms with Crippen molar-refractivity contribution >= 4 is 38.4 Å². The third-order valence-electron chi connectivity index (χ3n) is 4.73. The molecule has 6 nitrogen and oxygen atoms in total. The fourth-order valence-electron chi connectivity index (χ4n) is 3.12. The summed E-state index contributed by atoms with van der Waals surface area (Å²) in [4.78, 5) is 18.6. The molecule has 2 heterocycles. The first kappa shape index (κ1) is 19.2. The summed E-state index contributed by atoms with van der Waals surface area (Å²) < 4.78 is 29.6. The van der Waals surface area contributed by atoms with Crippen LogP contribution in [0.4, 0.5) is 5.69 Å². The van der Waals surface area contributed by atoms with Crippen LogP contribution >= 0.6 is 11.8 Å². The molecule has 0 aromatic heterocycles. The molecule has 2 aliphatic rings. The van der Waals surface area contributed by atoms with Crippen molar-refractivity contribution in [1.29, 1.82) is 0 Å². The lowest BCUT2D eigenvalue weighted by molar-refractivity contribution is -0.121. The highest BCUT2D eigenvalue weighted by Gasteiger charge is 2.49. The maximum absolute atomic E-state index is 12.3. The molecule has 142 valence electrons. The molecule has 0 spiro atoms. The number of carbonyl (C=O) groups is 1. The van der Waals surface area contributed by atoms with E-state index in [1.165, 1.54) is 11.8 Å². The summed E-state index contributed by atoms with van der Waals surface area (Å²) in [6, 6.07) is 7.30. The minimum Gasteiger partial charge on any atom is -0.494 e. The van der Waals surface area contributed by atoms with Gasteiger partial charge in [-0.05, 0) is 37.6 Å². The van der Waals surface area contributed by atoms with Gasteiger partial charge in [0.2, 0.25) is 0 Å². The minimum atomic E-state index is -3.06. The summed E-state index contributed by atoms with van der Waals surface area (Å²) in [6.07, 6.45) is 0.727. The number of hydrogen-bond donors (Lipinski definition) is 0. The van der Waals surface area contributed by atoms with E-state index in [1.54, 1.807) is 0 Å². The van der Waals surface area contributed by atoms with Crippen LogP contribution in [-0.2, 0) is 14.6 Å². The third kappa shape index (κ3) is 3.91. The zero-order chi connectivity index (χ0) is 18.9. The Morgan fingerprint density at radius 2 is 2.00 bits per heavy atom. The predicted octanol–water partition coefficient (Wildman–Crippen LogP) is 2.73. The van der Waals surface area contributed by atoms with Gasteiger partial charge in [-0.25, -0.2) is 8.42 Å². The van der Waals surface area contributed by atoms with Crippen LogP contribution in [0.1, 0.15) is 27.2 Å². The van der Waals surface area contributed by atoms with E-state index in [4.69, 9.17) is 4.74 Å². The molecule has 0 unspecified atom stereocenters. The van der Waals surface area contributed by atoms with Crippen molar-refractivity contribution in [3.05, 3.63) is 24.3 Å². The molecule has 1 aromatic rings. The van der Waals surface area contributed by atoms with Gasteiger partial charge in [-0.2, -0.15) is 4.99 Å². The second-order valence-electron chi connectivity index (χ2n) is 6.64. The van der Waals surface area contributed by atoms with Gasteiger partial charge in [0, 0.05) is 16.9 Å². The first-order valence-corrected chi connectivity index (χ1v) is 11.6. The fourth-order valence-corrected chi connectivity index (χ4v) is 7.03. The molecule has 0 aliphatic carbocycles. The normalized spacial score (nSPS) is 26.7. The summed E-state index contributed by atoms with van der Waals surface area (Å²) in [5.41, 5.74) is 0.834. The number of thioether (sulfide) groups is 1. The highest BCUT2D eigenvalue weighted by molar-refractivity contribution is 8.16. The van der Waals surface area contributed by atoms with Crippen LogP contribution in [0, 0.1) is 5.92 Å². The molecule has 0 radical (unpaired) electrons. The number of amides is 1. The fraction of sp³-hybridized carbons (Fsp3) is 0.556. The second kappa shape index (κ2) is 7.60. The number of sulfone groups is 1. The lowest BCUT2D eigenvalue weighted by Gasteiger charge is -2.24. The quantitative estimate of drug-likeness (QED) is 0.762. The molecule has 26 heavy (non-hydrogen) atoms. The van der Waals surface area contributed by atoms with Crippen LogP contribution < -0.4 is 9.64 Å². The van der Waals surface area contributed by atoms with E-state index in [-0.39, 0.29) is 34.6 Å². The van der Waals surface area contributed by atoms with Crippen molar-refractivity contribution < 1.29 is 17.9 Å². The lowest BCUT2D eigenvalue weighted by Crippen LogP contribution is -2.37. The summed E-state index contributed by atoms with van der Waals surface area (Å²) in [6.45, 7) is 6.32. The smallest absolute Gasteiger partial charge is 0.250 e. The Morgan fingerprint density at radius 3 is 2.62 bits per heavy atom. The van der Waals surface area contributed by atoms with Gasteiger partial charge in [0.25, 0.3) is 5.91 Å². The second-order valence-corrected chi connectivity index (χ2v) is 10.00. The Hall–Kier alpha value is -1.54.